The lowest BCUT2D eigenvalue weighted by Gasteiger charge is -2.34. The maximum absolute atomic E-state index is 12.4. The predicted molar refractivity (Wildman–Crippen MR) is 114 cm³/mol. The maximum Gasteiger partial charge on any atom is 0.315 e. The first kappa shape index (κ1) is 18.5. The predicted octanol–water partition coefficient (Wildman–Crippen LogP) is 4.26. The normalized spacial score (nSPS) is 17.7. The van der Waals surface area contributed by atoms with Crippen LogP contribution in [0.5, 0.6) is 0 Å². The van der Waals surface area contributed by atoms with Gasteiger partial charge in [0.05, 0.1) is 6.04 Å². The summed E-state index contributed by atoms with van der Waals surface area (Å²) in [6, 6.07) is 23.3. The Labute approximate surface area is 166 Å². The second-order valence-corrected chi connectivity index (χ2v) is 7.72. The molecule has 1 aliphatic rings. The minimum Gasteiger partial charge on any atom is -0.337 e. The highest BCUT2D eigenvalue weighted by atomic mass is 16.2. The van der Waals surface area contributed by atoms with Crippen LogP contribution in [0, 0.1) is 0 Å². The number of carbonyl (C=O) groups excluding carboxylic acids is 1. The van der Waals surface area contributed by atoms with E-state index >= 15 is 0 Å². The van der Waals surface area contributed by atoms with Crippen LogP contribution in [0.2, 0.25) is 0 Å². The van der Waals surface area contributed by atoms with Gasteiger partial charge in [-0.25, -0.2) is 4.79 Å². The molecule has 0 fully saturated rings. The standard InChI is InChI=1S/C24H27N3O/c1-17(19-12-11-18-7-3-4-8-20(18)13-19)26-24(28)25-15-23-14-21-9-5-6-10-22(21)16-27(23)2/h3-13,17,23H,14-16H2,1-2H3,(H2,25,26,28)/t17-,23+/m1/s1. The van der Waals surface area contributed by atoms with Crippen LogP contribution in [0.15, 0.2) is 66.7 Å². The van der Waals surface area contributed by atoms with E-state index in [1.165, 1.54) is 21.9 Å². The molecule has 4 nitrogen and oxygen atoms in total. The summed E-state index contributed by atoms with van der Waals surface area (Å²) in [5.74, 6) is 0. The Hall–Kier alpha value is -2.85. The number of likely N-dealkylation sites (N-methyl/N-ethyl adjacent to an activating group) is 1. The first-order valence-electron chi connectivity index (χ1n) is 9.90. The van der Waals surface area contributed by atoms with E-state index in [-0.39, 0.29) is 12.1 Å². The topological polar surface area (TPSA) is 44.4 Å². The molecule has 0 aliphatic carbocycles. The Morgan fingerprint density at radius 1 is 1.04 bits per heavy atom. The van der Waals surface area contributed by atoms with Gasteiger partial charge in [0.15, 0.2) is 0 Å². The van der Waals surface area contributed by atoms with Crippen LogP contribution in [0.4, 0.5) is 4.79 Å². The Balaban J connectivity index is 1.34. The second-order valence-electron chi connectivity index (χ2n) is 7.72. The summed E-state index contributed by atoms with van der Waals surface area (Å²) < 4.78 is 0. The van der Waals surface area contributed by atoms with Crippen LogP contribution in [-0.4, -0.2) is 30.6 Å². The fraction of sp³-hybridized carbons (Fsp3) is 0.292. The molecule has 3 aromatic carbocycles. The van der Waals surface area contributed by atoms with E-state index in [4.69, 9.17) is 0 Å². The van der Waals surface area contributed by atoms with E-state index in [2.05, 4.69) is 77.2 Å². The molecule has 0 saturated heterocycles. The van der Waals surface area contributed by atoms with E-state index in [0.29, 0.717) is 12.6 Å². The Morgan fingerprint density at radius 2 is 1.75 bits per heavy atom. The maximum atomic E-state index is 12.4. The number of hydrogen-bond donors (Lipinski definition) is 2. The molecule has 2 amide bonds. The van der Waals surface area contributed by atoms with Gasteiger partial charge in [0, 0.05) is 19.1 Å². The second kappa shape index (κ2) is 8.03. The van der Waals surface area contributed by atoms with Crippen molar-refractivity contribution in [1.82, 2.24) is 15.5 Å². The highest BCUT2D eigenvalue weighted by Crippen LogP contribution is 2.22. The van der Waals surface area contributed by atoms with Gasteiger partial charge < -0.3 is 10.6 Å². The molecule has 28 heavy (non-hydrogen) atoms. The molecular weight excluding hydrogens is 346 g/mol. The number of benzene rings is 3. The molecule has 1 aliphatic heterocycles. The zero-order valence-corrected chi connectivity index (χ0v) is 16.5. The zero-order valence-electron chi connectivity index (χ0n) is 16.5. The highest BCUT2D eigenvalue weighted by Gasteiger charge is 2.23. The number of rotatable bonds is 4. The van der Waals surface area contributed by atoms with Crippen molar-refractivity contribution in [2.75, 3.05) is 13.6 Å². The van der Waals surface area contributed by atoms with E-state index < -0.39 is 0 Å². The number of fused-ring (bicyclic) bond motifs is 2. The van der Waals surface area contributed by atoms with E-state index in [1.807, 2.05) is 19.1 Å². The van der Waals surface area contributed by atoms with Gasteiger partial charge in [0.1, 0.15) is 0 Å². The average molecular weight is 374 g/mol. The summed E-state index contributed by atoms with van der Waals surface area (Å²) in [4.78, 5) is 14.8. The zero-order chi connectivity index (χ0) is 19.5. The Bertz CT molecular complexity index is 984. The van der Waals surface area contributed by atoms with Crippen LogP contribution < -0.4 is 10.6 Å². The fourth-order valence-corrected chi connectivity index (χ4v) is 3.97. The number of hydrogen-bond acceptors (Lipinski definition) is 2. The molecule has 0 radical (unpaired) electrons. The average Bonchev–Trinajstić information content (AvgIpc) is 2.71. The number of nitrogens with one attached hydrogen (secondary N) is 2. The monoisotopic (exact) mass is 373 g/mol. The van der Waals surface area contributed by atoms with Crippen LogP contribution in [-0.2, 0) is 13.0 Å². The molecule has 3 aromatic rings. The molecule has 0 saturated carbocycles. The molecule has 144 valence electrons. The first-order chi connectivity index (χ1) is 13.6. The van der Waals surface area contributed by atoms with Crippen molar-refractivity contribution in [1.29, 1.82) is 0 Å². The van der Waals surface area contributed by atoms with E-state index in [9.17, 15) is 4.79 Å². The number of nitrogens with zero attached hydrogens (tertiary/aromatic N) is 1. The SMILES string of the molecule is C[C@@H](NC(=O)NC[C@@H]1Cc2ccccc2CN1C)c1ccc2ccccc2c1. The summed E-state index contributed by atoms with van der Waals surface area (Å²) in [7, 11) is 2.12. The number of carbonyl (C=O) groups is 1. The van der Waals surface area contributed by atoms with Crippen LogP contribution in [0.3, 0.4) is 0 Å². The van der Waals surface area contributed by atoms with Crippen LogP contribution in [0.25, 0.3) is 10.8 Å². The van der Waals surface area contributed by atoms with Crippen LogP contribution in [0.1, 0.15) is 29.7 Å². The van der Waals surface area contributed by atoms with Crippen molar-refractivity contribution < 1.29 is 4.79 Å². The Kier molecular flexibility index (Phi) is 5.31. The van der Waals surface area contributed by atoms with Crippen molar-refractivity contribution in [3.63, 3.8) is 0 Å². The van der Waals surface area contributed by atoms with Crippen molar-refractivity contribution in [3.8, 4) is 0 Å². The molecule has 0 bridgehead atoms. The number of urea groups is 1. The smallest absolute Gasteiger partial charge is 0.315 e. The quantitative estimate of drug-likeness (QED) is 0.718. The van der Waals surface area contributed by atoms with Gasteiger partial charge in [-0.1, -0.05) is 60.7 Å². The van der Waals surface area contributed by atoms with E-state index in [1.54, 1.807) is 0 Å². The lowest BCUT2D eigenvalue weighted by molar-refractivity contribution is 0.202. The lowest BCUT2D eigenvalue weighted by atomic mass is 9.94. The van der Waals surface area contributed by atoms with Crippen LogP contribution >= 0.6 is 0 Å². The minimum absolute atomic E-state index is 0.0468. The highest BCUT2D eigenvalue weighted by molar-refractivity contribution is 5.83. The summed E-state index contributed by atoms with van der Waals surface area (Å²) in [6.07, 6.45) is 0.965. The fourth-order valence-electron chi connectivity index (χ4n) is 3.97. The summed E-state index contributed by atoms with van der Waals surface area (Å²) in [5, 5.41) is 8.53. The molecule has 0 aromatic heterocycles. The van der Waals surface area contributed by atoms with Gasteiger partial charge in [-0.2, -0.15) is 0 Å². The van der Waals surface area contributed by atoms with Gasteiger partial charge in [0.25, 0.3) is 0 Å². The Morgan fingerprint density at radius 3 is 2.57 bits per heavy atom. The lowest BCUT2D eigenvalue weighted by Crippen LogP contribution is -2.48. The van der Waals surface area contributed by atoms with Gasteiger partial charge >= 0.3 is 6.03 Å². The largest absolute Gasteiger partial charge is 0.337 e. The van der Waals surface area contributed by atoms with Gasteiger partial charge in [0.2, 0.25) is 0 Å². The van der Waals surface area contributed by atoms with Crippen molar-refractivity contribution in [2.24, 2.45) is 0 Å². The summed E-state index contributed by atoms with van der Waals surface area (Å²) in [6.45, 7) is 3.59. The molecular formula is C24H27N3O. The third-order valence-electron chi connectivity index (χ3n) is 5.74. The molecule has 2 N–H and O–H groups in total. The molecule has 0 unspecified atom stereocenters. The third kappa shape index (κ3) is 4.02. The van der Waals surface area contributed by atoms with Crippen molar-refractivity contribution in [3.05, 3.63) is 83.4 Å². The minimum atomic E-state index is -0.118. The summed E-state index contributed by atoms with van der Waals surface area (Å²) in [5.41, 5.74) is 3.88. The van der Waals surface area contributed by atoms with Gasteiger partial charge in [-0.3, -0.25) is 4.90 Å². The molecule has 1 heterocycles. The molecule has 2 atom stereocenters. The molecule has 4 heteroatoms. The van der Waals surface area contributed by atoms with Gasteiger partial charge in [-0.05, 0) is 53.9 Å². The molecule has 4 rings (SSSR count). The number of amides is 2. The first-order valence-corrected chi connectivity index (χ1v) is 9.90. The van der Waals surface area contributed by atoms with Crippen molar-refractivity contribution >= 4 is 16.8 Å². The van der Waals surface area contributed by atoms with Crippen molar-refractivity contribution in [2.45, 2.75) is 32.0 Å². The molecule has 0 spiro atoms. The van der Waals surface area contributed by atoms with E-state index in [0.717, 1.165) is 18.5 Å². The third-order valence-corrected chi connectivity index (χ3v) is 5.74. The van der Waals surface area contributed by atoms with Gasteiger partial charge in [-0.15, -0.1) is 0 Å². The summed E-state index contributed by atoms with van der Waals surface area (Å²) >= 11 is 0.